The number of amides is 2. The van der Waals surface area contributed by atoms with Crippen LogP contribution in [-0.2, 0) is 24.4 Å². The number of sulfonamides is 1. The van der Waals surface area contributed by atoms with E-state index < -0.39 is 34.4 Å². The average Bonchev–Trinajstić information content (AvgIpc) is 3.21. The van der Waals surface area contributed by atoms with Crippen molar-refractivity contribution in [3.05, 3.63) is 53.6 Å². The molecule has 0 fully saturated rings. The minimum absolute atomic E-state index is 0.0678. The van der Waals surface area contributed by atoms with Gasteiger partial charge in [0.1, 0.15) is 5.92 Å². The van der Waals surface area contributed by atoms with Crippen molar-refractivity contribution < 1.29 is 27.9 Å². The number of aliphatic imine (C=N–C) groups is 1. The van der Waals surface area contributed by atoms with Crippen LogP contribution in [0.4, 0.5) is 11.4 Å². The zero-order chi connectivity index (χ0) is 27.9. The third-order valence-corrected chi connectivity index (χ3v) is 7.65. The zero-order valence-corrected chi connectivity index (χ0v) is 21.9. The van der Waals surface area contributed by atoms with Gasteiger partial charge in [-0.15, -0.1) is 0 Å². The molecule has 1 atom stereocenters. The molecule has 0 spiro atoms. The molecule has 0 bridgehead atoms. The SMILES string of the molecule is CN(CCCC(=O)O)C(=O)CN(C)S(=O)(=O)c1cccc(N=CC2C(=O)Nc3cccc(C#CCN)c32)c1. The van der Waals surface area contributed by atoms with Crippen molar-refractivity contribution in [2.45, 2.75) is 23.7 Å². The molecule has 0 aromatic heterocycles. The molecule has 1 aliphatic rings. The van der Waals surface area contributed by atoms with Crippen LogP contribution in [0.25, 0.3) is 0 Å². The van der Waals surface area contributed by atoms with Gasteiger partial charge in [0.15, 0.2) is 0 Å². The average molecular weight is 540 g/mol. The molecule has 4 N–H and O–H groups in total. The van der Waals surface area contributed by atoms with Crippen molar-refractivity contribution in [2.75, 3.05) is 39.0 Å². The summed E-state index contributed by atoms with van der Waals surface area (Å²) in [7, 11) is -1.25. The van der Waals surface area contributed by atoms with Crippen LogP contribution >= 0.6 is 0 Å². The van der Waals surface area contributed by atoms with Gasteiger partial charge in [-0.1, -0.05) is 24.0 Å². The second kappa shape index (κ2) is 12.5. The summed E-state index contributed by atoms with van der Waals surface area (Å²) in [5, 5.41) is 11.5. The van der Waals surface area contributed by atoms with Crippen LogP contribution in [-0.4, -0.2) is 80.5 Å². The molecule has 38 heavy (non-hydrogen) atoms. The van der Waals surface area contributed by atoms with Crippen LogP contribution in [0.5, 0.6) is 0 Å². The fourth-order valence-corrected chi connectivity index (χ4v) is 4.96. The number of carboxylic acids is 1. The summed E-state index contributed by atoms with van der Waals surface area (Å²) < 4.78 is 27.1. The van der Waals surface area contributed by atoms with Gasteiger partial charge in [0.2, 0.25) is 21.8 Å². The number of carbonyl (C=O) groups excluding carboxylic acids is 2. The fraction of sp³-hybridized carbons (Fsp3) is 0.308. The molecule has 2 amide bonds. The summed E-state index contributed by atoms with van der Waals surface area (Å²) in [5.41, 5.74) is 7.75. The van der Waals surface area contributed by atoms with E-state index in [1.807, 2.05) is 0 Å². The predicted octanol–water partition coefficient (Wildman–Crippen LogP) is 1.38. The molecule has 0 aliphatic carbocycles. The Morgan fingerprint density at radius 2 is 1.95 bits per heavy atom. The summed E-state index contributed by atoms with van der Waals surface area (Å²) in [6, 6.07) is 11.2. The number of nitrogens with two attached hydrogens (primary N) is 1. The van der Waals surface area contributed by atoms with Crippen LogP contribution in [0.15, 0.2) is 52.4 Å². The quantitative estimate of drug-likeness (QED) is 0.303. The van der Waals surface area contributed by atoms with Crippen molar-refractivity contribution in [2.24, 2.45) is 10.7 Å². The number of nitrogens with one attached hydrogen (secondary N) is 1. The number of anilines is 1. The van der Waals surface area contributed by atoms with Crippen molar-refractivity contribution in [1.82, 2.24) is 9.21 Å². The molecule has 200 valence electrons. The number of carboxylic acid groups (broad SMARTS) is 1. The summed E-state index contributed by atoms with van der Waals surface area (Å²) in [6.45, 7) is -0.0439. The Labute approximate surface area is 221 Å². The number of hydrogen-bond acceptors (Lipinski definition) is 7. The third-order valence-electron chi connectivity index (χ3n) is 5.85. The Morgan fingerprint density at radius 3 is 2.66 bits per heavy atom. The third kappa shape index (κ3) is 6.83. The van der Waals surface area contributed by atoms with Gasteiger partial charge in [-0.05, 0) is 36.8 Å². The monoisotopic (exact) mass is 539 g/mol. The van der Waals surface area contributed by atoms with Gasteiger partial charge in [0.05, 0.1) is 23.7 Å². The van der Waals surface area contributed by atoms with Crippen LogP contribution in [0.1, 0.15) is 29.9 Å². The standard InChI is InChI=1S/C26H29N5O6S/c1-30(14-6-12-24(33)34)23(32)17-31(2)38(36,37)20-10-4-9-19(15-20)28-16-21-25-18(8-5-13-27)7-3-11-22(25)29-26(21)35/h3-4,7,9-11,15-16,21H,6,12-14,17,27H2,1-2H3,(H,29,35)(H,33,34). The lowest BCUT2D eigenvalue weighted by Crippen LogP contribution is -2.39. The second-order valence-electron chi connectivity index (χ2n) is 8.59. The molecule has 0 saturated heterocycles. The number of likely N-dealkylation sites (N-methyl/N-ethyl adjacent to an activating group) is 2. The van der Waals surface area contributed by atoms with Crippen molar-refractivity contribution in [1.29, 1.82) is 0 Å². The van der Waals surface area contributed by atoms with E-state index in [1.54, 1.807) is 24.3 Å². The van der Waals surface area contributed by atoms with E-state index in [-0.39, 0.29) is 36.7 Å². The lowest BCUT2D eigenvalue weighted by Gasteiger charge is -2.21. The lowest BCUT2D eigenvalue weighted by atomic mass is 9.96. The number of nitrogens with zero attached hydrogens (tertiary/aromatic N) is 3. The predicted molar refractivity (Wildman–Crippen MR) is 143 cm³/mol. The molecular weight excluding hydrogens is 510 g/mol. The number of fused-ring (bicyclic) bond motifs is 1. The molecule has 1 heterocycles. The Balaban J connectivity index is 1.76. The van der Waals surface area contributed by atoms with Crippen LogP contribution in [0.2, 0.25) is 0 Å². The second-order valence-corrected chi connectivity index (χ2v) is 10.6. The maximum atomic E-state index is 13.1. The number of carbonyl (C=O) groups is 3. The smallest absolute Gasteiger partial charge is 0.303 e. The van der Waals surface area contributed by atoms with E-state index in [0.29, 0.717) is 22.5 Å². The van der Waals surface area contributed by atoms with Crippen molar-refractivity contribution in [3.8, 4) is 11.8 Å². The Kier molecular flexibility index (Phi) is 9.35. The number of hydrogen-bond donors (Lipinski definition) is 3. The maximum Gasteiger partial charge on any atom is 0.303 e. The van der Waals surface area contributed by atoms with E-state index in [2.05, 4.69) is 22.2 Å². The molecule has 1 unspecified atom stereocenters. The van der Waals surface area contributed by atoms with E-state index in [1.165, 1.54) is 43.4 Å². The van der Waals surface area contributed by atoms with Crippen LogP contribution in [0.3, 0.4) is 0 Å². The van der Waals surface area contributed by atoms with Gasteiger partial charge in [-0.3, -0.25) is 19.4 Å². The first-order valence-corrected chi connectivity index (χ1v) is 13.2. The number of benzene rings is 2. The largest absolute Gasteiger partial charge is 0.481 e. The van der Waals surface area contributed by atoms with Gasteiger partial charge in [0.25, 0.3) is 0 Å². The molecular formula is C26H29N5O6S. The highest BCUT2D eigenvalue weighted by molar-refractivity contribution is 7.89. The highest BCUT2D eigenvalue weighted by atomic mass is 32.2. The van der Waals surface area contributed by atoms with Crippen LogP contribution < -0.4 is 11.1 Å². The highest BCUT2D eigenvalue weighted by Crippen LogP contribution is 2.34. The zero-order valence-electron chi connectivity index (χ0n) is 21.0. The van der Waals surface area contributed by atoms with Gasteiger partial charge >= 0.3 is 5.97 Å². The summed E-state index contributed by atoms with van der Waals surface area (Å²) in [4.78, 5) is 41.3. The molecule has 1 aliphatic heterocycles. The fourth-order valence-electron chi connectivity index (χ4n) is 3.80. The van der Waals surface area contributed by atoms with Gasteiger partial charge in [-0.2, -0.15) is 4.31 Å². The molecule has 2 aromatic carbocycles. The molecule has 0 radical (unpaired) electrons. The van der Waals surface area contributed by atoms with Crippen molar-refractivity contribution in [3.63, 3.8) is 0 Å². The first-order valence-electron chi connectivity index (χ1n) is 11.7. The van der Waals surface area contributed by atoms with E-state index in [4.69, 9.17) is 10.8 Å². The summed E-state index contributed by atoms with van der Waals surface area (Å²) >= 11 is 0. The van der Waals surface area contributed by atoms with Crippen LogP contribution in [0, 0.1) is 11.8 Å². The molecule has 3 rings (SSSR count). The Morgan fingerprint density at radius 1 is 1.21 bits per heavy atom. The van der Waals surface area contributed by atoms with Crippen molar-refractivity contribution >= 4 is 45.4 Å². The highest BCUT2D eigenvalue weighted by Gasteiger charge is 2.31. The van der Waals surface area contributed by atoms with Gasteiger partial charge in [0, 0.05) is 50.1 Å². The van der Waals surface area contributed by atoms with E-state index in [0.717, 1.165) is 4.31 Å². The normalized spacial score (nSPS) is 14.6. The van der Waals surface area contributed by atoms with Gasteiger partial charge in [-0.25, -0.2) is 8.42 Å². The topological polar surface area (TPSA) is 162 Å². The first kappa shape index (κ1) is 28.5. The number of aliphatic carboxylic acids is 1. The Hall–Kier alpha value is -4.05. The minimum atomic E-state index is -4.03. The first-order chi connectivity index (χ1) is 18.0. The maximum absolute atomic E-state index is 13.1. The Bertz CT molecular complexity index is 1430. The minimum Gasteiger partial charge on any atom is -0.481 e. The van der Waals surface area contributed by atoms with E-state index >= 15 is 0 Å². The lowest BCUT2D eigenvalue weighted by molar-refractivity contribution is -0.138. The number of rotatable bonds is 10. The molecule has 2 aromatic rings. The van der Waals surface area contributed by atoms with E-state index in [9.17, 15) is 22.8 Å². The molecule has 12 heteroatoms. The molecule has 11 nitrogen and oxygen atoms in total. The molecule has 0 saturated carbocycles. The summed E-state index contributed by atoms with van der Waals surface area (Å²) in [6.07, 6.45) is 1.62. The summed E-state index contributed by atoms with van der Waals surface area (Å²) in [5.74, 6) is 3.32. The van der Waals surface area contributed by atoms with Gasteiger partial charge < -0.3 is 21.1 Å².